The Bertz CT molecular complexity index is 850. The molecule has 4 nitrogen and oxygen atoms in total. The number of halogens is 4. The highest BCUT2D eigenvalue weighted by Gasteiger charge is 2.33. The van der Waals surface area contributed by atoms with E-state index in [1.807, 2.05) is 13.0 Å². The zero-order chi connectivity index (χ0) is 19.5. The van der Waals surface area contributed by atoms with Gasteiger partial charge in [0.15, 0.2) is 6.61 Å². The zero-order valence-corrected chi connectivity index (χ0v) is 14.7. The van der Waals surface area contributed by atoms with Crippen LogP contribution in [0, 0.1) is 13.8 Å². The molecule has 26 heavy (non-hydrogen) atoms. The van der Waals surface area contributed by atoms with Gasteiger partial charge in [-0.1, -0.05) is 29.3 Å². The summed E-state index contributed by atoms with van der Waals surface area (Å²) in [6.45, 7) is 2.90. The van der Waals surface area contributed by atoms with Crippen LogP contribution >= 0.6 is 11.6 Å². The number of benzene rings is 2. The Labute approximate surface area is 152 Å². The minimum atomic E-state index is -4.65. The summed E-state index contributed by atoms with van der Waals surface area (Å²) >= 11 is 5.51. The first kappa shape index (κ1) is 19.8. The summed E-state index contributed by atoms with van der Waals surface area (Å²) in [6.07, 6.45) is -4.65. The summed E-state index contributed by atoms with van der Waals surface area (Å²) in [6, 6.07) is 8.18. The molecule has 0 heterocycles. The van der Waals surface area contributed by atoms with E-state index in [-0.39, 0.29) is 5.69 Å². The van der Waals surface area contributed by atoms with Crippen LogP contribution in [0.3, 0.4) is 0 Å². The standard InChI is InChI=1S/C18H15ClF3NO3/c1-10-3-4-11(2)13(7-10)17(25)26-9-16(24)23-12-5-6-15(19)14(8-12)18(20,21)22/h3-8H,9H2,1-2H3,(H,23,24). The summed E-state index contributed by atoms with van der Waals surface area (Å²) in [5.41, 5.74) is 0.698. The van der Waals surface area contributed by atoms with Crippen LogP contribution < -0.4 is 5.32 Å². The van der Waals surface area contributed by atoms with Crippen LogP contribution in [0.5, 0.6) is 0 Å². The second-order valence-electron chi connectivity index (χ2n) is 5.64. The molecule has 1 amide bonds. The molecule has 2 rings (SSSR count). The highest BCUT2D eigenvalue weighted by molar-refractivity contribution is 6.31. The van der Waals surface area contributed by atoms with Crippen LogP contribution in [0.25, 0.3) is 0 Å². The lowest BCUT2D eigenvalue weighted by molar-refractivity contribution is -0.137. The third kappa shape index (κ3) is 4.98. The second-order valence-corrected chi connectivity index (χ2v) is 6.04. The number of carbonyl (C=O) groups excluding carboxylic acids is 2. The number of nitrogens with one attached hydrogen (secondary N) is 1. The molecule has 0 aliphatic heterocycles. The van der Waals surface area contributed by atoms with E-state index in [1.165, 1.54) is 6.07 Å². The Morgan fingerprint density at radius 3 is 2.46 bits per heavy atom. The van der Waals surface area contributed by atoms with Crippen molar-refractivity contribution in [1.29, 1.82) is 0 Å². The lowest BCUT2D eigenvalue weighted by atomic mass is 10.1. The monoisotopic (exact) mass is 385 g/mol. The molecule has 0 unspecified atom stereocenters. The van der Waals surface area contributed by atoms with Crippen molar-refractivity contribution in [3.05, 3.63) is 63.7 Å². The molecule has 2 aromatic rings. The van der Waals surface area contributed by atoms with Crippen molar-refractivity contribution < 1.29 is 27.5 Å². The molecular formula is C18H15ClF3NO3. The van der Waals surface area contributed by atoms with Crippen molar-refractivity contribution in [2.24, 2.45) is 0 Å². The van der Waals surface area contributed by atoms with Crippen molar-refractivity contribution in [2.45, 2.75) is 20.0 Å². The molecule has 2 aromatic carbocycles. The highest BCUT2D eigenvalue weighted by Crippen LogP contribution is 2.36. The summed E-state index contributed by atoms with van der Waals surface area (Å²) in [5.74, 6) is -1.45. The summed E-state index contributed by atoms with van der Waals surface area (Å²) < 4.78 is 43.4. The molecule has 0 saturated carbocycles. The van der Waals surface area contributed by atoms with Gasteiger partial charge in [0.1, 0.15) is 0 Å². The third-order valence-corrected chi connectivity index (χ3v) is 3.83. The number of alkyl halides is 3. The third-order valence-electron chi connectivity index (χ3n) is 3.50. The predicted molar refractivity (Wildman–Crippen MR) is 91.3 cm³/mol. The van der Waals surface area contributed by atoms with Gasteiger partial charge in [0, 0.05) is 5.69 Å². The number of anilines is 1. The Balaban J connectivity index is 2.01. The summed E-state index contributed by atoms with van der Waals surface area (Å²) in [7, 11) is 0. The predicted octanol–water partition coefficient (Wildman–Crippen LogP) is 4.77. The Kier molecular flexibility index (Phi) is 5.92. The van der Waals surface area contributed by atoms with Gasteiger partial charge in [-0.25, -0.2) is 4.79 Å². The van der Waals surface area contributed by atoms with Gasteiger partial charge < -0.3 is 10.1 Å². The van der Waals surface area contributed by atoms with Crippen LogP contribution in [-0.2, 0) is 15.7 Å². The number of rotatable bonds is 4. The normalized spacial score (nSPS) is 11.2. The van der Waals surface area contributed by atoms with Gasteiger partial charge in [-0.05, 0) is 43.7 Å². The van der Waals surface area contributed by atoms with Crippen molar-refractivity contribution in [2.75, 3.05) is 11.9 Å². The molecule has 1 N–H and O–H groups in total. The van der Waals surface area contributed by atoms with E-state index in [0.717, 1.165) is 11.6 Å². The highest BCUT2D eigenvalue weighted by atomic mass is 35.5. The zero-order valence-electron chi connectivity index (χ0n) is 13.9. The van der Waals surface area contributed by atoms with Gasteiger partial charge in [-0.15, -0.1) is 0 Å². The lowest BCUT2D eigenvalue weighted by Gasteiger charge is -2.12. The fourth-order valence-corrected chi connectivity index (χ4v) is 2.41. The average Bonchev–Trinajstić information content (AvgIpc) is 2.55. The van der Waals surface area contributed by atoms with Crippen LogP contribution in [0.2, 0.25) is 5.02 Å². The molecular weight excluding hydrogens is 371 g/mol. The van der Waals surface area contributed by atoms with Gasteiger partial charge in [0.05, 0.1) is 16.1 Å². The molecule has 0 saturated heterocycles. The molecule has 0 aliphatic rings. The maximum absolute atomic E-state index is 12.8. The smallest absolute Gasteiger partial charge is 0.417 e. The number of esters is 1. The molecule has 0 aliphatic carbocycles. The maximum Gasteiger partial charge on any atom is 0.417 e. The number of aryl methyl sites for hydroxylation is 2. The van der Waals surface area contributed by atoms with Gasteiger partial charge >= 0.3 is 12.1 Å². The Morgan fingerprint density at radius 2 is 1.81 bits per heavy atom. The molecule has 0 atom stereocenters. The van der Waals surface area contributed by atoms with Crippen LogP contribution in [0.15, 0.2) is 36.4 Å². The van der Waals surface area contributed by atoms with Crippen molar-refractivity contribution >= 4 is 29.2 Å². The van der Waals surface area contributed by atoms with E-state index in [1.54, 1.807) is 19.1 Å². The SMILES string of the molecule is Cc1ccc(C)c(C(=O)OCC(=O)Nc2ccc(Cl)c(C(F)(F)F)c2)c1. The van der Waals surface area contributed by atoms with Crippen molar-refractivity contribution in [3.63, 3.8) is 0 Å². The van der Waals surface area contributed by atoms with Gasteiger partial charge in [0.2, 0.25) is 0 Å². The van der Waals surface area contributed by atoms with Gasteiger partial charge in [0.25, 0.3) is 5.91 Å². The lowest BCUT2D eigenvalue weighted by Crippen LogP contribution is -2.21. The van der Waals surface area contributed by atoms with E-state index in [0.29, 0.717) is 17.2 Å². The van der Waals surface area contributed by atoms with E-state index < -0.39 is 35.2 Å². The number of hydrogen-bond acceptors (Lipinski definition) is 3. The first-order valence-corrected chi connectivity index (χ1v) is 7.86. The average molecular weight is 386 g/mol. The second kappa shape index (κ2) is 7.78. The van der Waals surface area contributed by atoms with Gasteiger partial charge in [-0.2, -0.15) is 13.2 Å². The molecule has 8 heteroatoms. The molecule has 0 bridgehead atoms. The Hall–Kier alpha value is -2.54. The summed E-state index contributed by atoms with van der Waals surface area (Å²) in [4.78, 5) is 23.9. The maximum atomic E-state index is 12.8. The molecule has 0 fully saturated rings. The molecule has 0 spiro atoms. The number of hydrogen-bond donors (Lipinski definition) is 1. The first-order chi connectivity index (χ1) is 12.1. The van der Waals surface area contributed by atoms with E-state index in [4.69, 9.17) is 16.3 Å². The van der Waals surface area contributed by atoms with Crippen molar-refractivity contribution in [3.8, 4) is 0 Å². The molecule has 0 radical (unpaired) electrons. The van der Waals surface area contributed by atoms with Crippen LogP contribution in [0.4, 0.5) is 18.9 Å². The van der Waals surface area contributed by atoms with Gasteiger partial charge in [-0.3, -0.25) is 4.79 Å². The van der Waals surface area contributed by atoms with Crippen LogP contribution in [0.1, 0.15) is 27.0 Å². The van der Waals surface area contributed by atoms with E-state index >= 15 is 0 Å². The topological polar surface area (TPSA) is 55.4 Å². The van der Waals surface area contributed by atoms with E-state index in [2.05, 4.69) is 5.32 Å². The quantitative estimate of drug-likeness (QED) is 0.771. The fourth-order valence-electron chi connectivity index (χ4n) is 2.18. The van der Waals surface area contributed by atoms with E-state index in [9.17, 15) is 22.8 Å². The number of amides is 1. The largest absolute Gasteiger partial charge is 0.452 e. The number of ether oxygens (including phenoxy) is 1. The Morgan fingerprint density at radius 1 is 1.12 bits per heavy atom. The fraction of sp³-hybridized carbons (Fsp3) is 0.222. The summed E-state index contributed by atoms with van der Waals surface area (Å²) in [5, 5.41) is 1.76. The van der Waals surface area contributed by atoms with Crippen molar-refractivity contribution in [1.82, 2.24) is 0 Å². The number of carbonyl (C=O) groups is 2. The minimum absolute atomic E-state index is 0.102. The molecule has 138 valence electrons. The van der Waals surface area contributed by atoms with Crippen LogP contribution in [-0.4, -0.2) is 18.5 Å². The minimum Gasteiger partial charge on any atom is -0.452 e. The first-order valence-electron chi connectivity index (χ1n) is 7.49. The molecule has 0 aromatic heterocycles.